The van der Waals surface area contributed by atoms with Crippen LogP contribution in [0.4, 0.5) is 10.1 Å². The summed E-state index contributed by atoms with van der Waals surface area (Å²) in [6.07, 6.45) is 1.27. The molecule has 0 bridgehead atoms. The summed E-state index contributed by atoms with van der Waals surface area (Å²) in [4.78, 5) is 15.8. The molecule has 0 radical (unpaired) electrons. The van der Waals surface area contributed by atoms with Gasteiger partial charge < -0.3 is 15.1 Å². The molecule has 0 aliphatic rings. The number of oxazole rings is 1. The predicted molar refractivity (Wildman–Crippen MR) is 63.6 cm³/mol. The Hall–Kier alpha value is -2.21. The average Bonchev–Trinajstić information content (AvgIpc) is 2.78. The molecule has 18 heavy (non-hydrogen) atoms. The molecule has 0 saturated carbocycles. The van der Waals surface area contributed by atoms with Crippen LogP contribution in [0.2, 0.25) is 0 Å². The Morgan fingerprint density at radius 3 is 3.06 bits per heavy atom. The van der Waals surface area contributed by atoms with Crippen LogP contribution in [0.1, 0.15) is 16.4 Å². The summed E-state index contributed by atoms with van der Waals surface area (Å²) in [5.74, 6) is -0.433. The first-order valence-electron chi connectivity index (χ1n) is 5.35. The fourth-order valence-electron chi connectivity index (χ4n) is 1.41. The predicted octanol–water partition coefficient (Wildman–Crippen LogP) is 1.79. The van der Waals surface area contributed by atoms with Crippen molar-refractivity contribution in [1.29, 1.82) is 0 Å². The minimum Gasteiger partial charge on any atom is -0.447 e. The normalized spacial score (nSPS) is 10.3. The minimum atomic E-state index is -0.438. The second-order valence-electron chi connectivity index (χ2n) is 3.62. The third-order valence-corrected chi connectivity index (χ3v) is 2.19. The molecular formula is C12H12FN3O2. The van der Waals surface area contributed by atoms with Crippen LogP contribution in [-0.4, -0.2) is 17.9 Å². The summed E-state index contributed by atoms with van der Waals surface area (Å²) in [6, 6.07) is 5.64. The number of hydrogen-bond acceptors (Lipinski definition) is 4. The van der Waals surface area contributed by atoms with Gasteiger partial charge in [0.1, 0.15) is 12.1 Å². The first-order valence-corrected chi connectivity index (χ1v) is 5.35. The monoisotopic (exact) mass is 249 g/mol. The molecular weight excluding hydrogens is 237 g/mol. The Balaban J connectivity index is 2.07. The van der Waals surface area contributed by atoms with Crippen molar-refractivity contribution in [2.75, 3.05) is 12.4 Å². The van der Waals surface area contributed by atoms with E-state index in [1.807, 2.05) is 0 Å². The molecule has 6 heteroatoms. The smallest absolute Gasteiger partial charge is 0.277 e. The van der Waals surface area contributed by atoms with Gasteiger partial charge >= 0.3 is 0 Å². The molecule has 94 valence electrons. The van der Waals surface area contributed by atoms with Gasteiger partial charge in [-0.05, 0) is 25.2 Å². The van der Waals surface area contributed by atoms with E-state index in [1.54, 1.807) is 13.1 Å². The fraction of sp³-hybridized carbons (Fsp3) is 0.167. The number of anilines is 1. The highest BCUT2D eigenvalue weighted by Gasteiger charge is 2.12. The lowest BCUT2D eigenvalue weighted by atomic mass is 10.3. The van der Waals surface area contributed by atoms with E-state index in [1.165, 1.54) is 24.5 Å². The molecule has 0 aliphatic carbocycles. The molecule has 5 nitrogen and oxygen atoms in total. The van der Waals surface area contributed by atoms with E-state index in [9.17, 15) is 9.18 Å². The topological polar surface area (TPSA) is 67.2 Å². The van der Waals surface area contributed by atoms with Crippen molar-refractivity contribution in [3.8, 4) is 0 Å². The van der Waals surface area contributed by atoms with Crippen molar-refractivity contribution >= 4 is 11.6 Å². The summed E-state index contributed by atoms with van der Waals surface area (Å²) in [5.41, 5.74) is 0.530. The van der Waals surface area contributed by atoms with Gasteiger partial charge in [0.2, 0.25) is 5.89 Å². The fourth-order valence-corrected chi connectivity index (χ4v) is 1.41. The summed E-state index contributed by atoms with van der Waals surface area (Å²) in [6.45, 7) is 0.438. The van der Waals surface area contributed by atoms with Gasteiger partial charge in [0.05, 0.1) is 6.54 Å². The van der Waals surface area contributed by atoms with E-state index < -0.39 is 11.7 Å². The highest BCUT2D eigenvalue weighted by molar-refractivity contribution is 6.02. The quantitative estimate of drug-likeness (QED) is 0.866. The molecule has 1 aromatic carbocycles. The lowest BCUT2D eigenvalue weighted by Gasteiger charge is -2.01. The van der Waals surface area contributed by atoms with E-state index in [4.69, 9.17) is 4.42 Å². The molecule has 2 N–H and O–H groups in total. The zero-order valence-electron chi connectivity index (χ0n) is 9.74. The molecule has 0 saturated heterocycles. The van der Waals surface area contributed by atoms with E-state index in [0.29, 0.717) is 18.1 Å². The molecule has 1 amide bonds. The number of carbonyl (C=O) groups is 1. The van der Waals surface area contributed by atoms with Crippen LogP contribution in [0, 0.1) is 5.82 Å². The number of amides is 1. The highest BCUT2D eigenvalue weighted by Crippen LogP contribution is 2.11. The van der Waals surface area contributed by atoms with Gasteiger partial charge in [-0.1, -0.05) is 6.07 Å². The first kappa shape index (κ1) is 12.3. The van der Waals surface area contributed by atoms with Gasteiger partial charge in [0, 0.05) is 5.69 Å². The number of hydrogen-bond donors (Lipinski definition) is 2. The molecule has 1 heterocycles. The SMILES string of the molecule is CNCc1nc(C(=O)Nc2cccc(F)c2)co1. The van der Waals surface area contributed by atoms with Crippen LogP contribution in [0.25, 0.3) is 0 Å². The summed E-state index contributed by atoms with van der Waals surface area (Å²) >= 11 is 0. The standard InChI is InChI=1S/C12H12FN3O2/c1-14-6-11-16-10(7-18-11)12(17)15-9-4-2-3-8(13)5-9/h2-5,7,14H,6H2,1H3,(H,15,17). The van der Waals surface area contributed by atoms with Gasteiger partial charge in [-0.25, -0.2) is 9.37 Å². The maximum Gasteiger partial charge on any atom is 0.277 e. The van der Waals surface area contributed by atoms with Crippen LogP contribution in [-0.2, 0) is 6.54 Å². The Labute approximate surface area is 103 Å². The number of halogens is 1. The number of nitrogens with one attached hydrogen (secondary N) is 2. The van der Waals surface area contributed by atoms with E-state index in [-0.39, 0.29) is 5.69 Å². The van der Waals surface area contributed by atoms with Crippen molar-refractivity contribution in [2.45, 2.75) is 6.54 Å². The van der Waals surface area contributed by atoms with Crippen LogP contribution in [0.5, 0.6) is 0 Å². The third-order valence-electron chi connectivity index (χ3n) is 2.19. The summed E-state index contributed by atoms with van der Waals surface area (Å²) in [5, 5.41) is 5.39. The van der Waals surface area contributed by atoms with E-state index in [0.717, 1.165) is 0 Å². The van der Waals surface area contributed by atoms with E-state index in [2.05, 4.69) is 15.6 Å². The highest BCUT2D eigenvalue weighted by atomic mass is 19.1. The molecule has 2 rings (SSSR count). The molecule has 0 fully saturated rings. The Morgan fingerprint density at radius 1 is 1.50 bits per heavy atom. The van der Waals surface area contributed by atoms with Crippen molar-refractivity contribution in [1.82, 2.24) is 10.3 Å². The van der Waals surface area contributed by atoms with Crippen molar-refractivity contribution in [3.63, 3.8) is 0 Å². The molecule has 0 spiro atoms. The first-order chi connectivity index (χ1) is 8.69. The molecule has 2 aromatic rings. The average molecular weight is 249 g/mol. The van der Waals surface area contributed by atoms with Gasteiger partial charge in [0.25, 0.3) is 5.91 Å². The number of benzene rings is 1. The molecule has 1 aromatic heterocycles. The van der Waals surface area contributed by atoms with Gasteiger partial charge in [-0.2, -0.15) is 0 Å². The number of carbonyl (C=O) groups excluding carboxylic acids is 1. The maximum absolute atomic E-state index is 12.9. The van der Waals surface area contributed by atoms with Gasteiger partial charge in [0.15, 0.2) is 5.69 Å². The summed E-state index contributed by atoms with van der Waals surface area (Å²) in [7, 11) is 1.75. The molecule has 0 atom stereocenters. The zero-order chi connectivity index (χ0) is 13.0. The lowest BCUT2D eigenvalue weighted by Crippen LogP contribution is -2.13. The Bertz CT molecular complexity index is 554. The van der Waals surface area contributed by atoms with E-state index >= 15 is 0 Å². The van der Waals surface area contributed by atoms with Crippen molar-refractivity contribution in [3.05, 3.63) is 47.9 Å². The Kier molecular flexibility index (Phi) is 3.69. The van der Waals surface area contributed by atoms with Crippen LogP contribution < -0.4 is 10.6 Å². The minimum absolute atomic E-state index is 0.157. The summed E-state index contributed by atoms with van der Waals surface area (Å²) < 4.78 is 18.0. The third kappa shape index (κ3) is 2.92. The van der Waals surface area contributed by atoms with Crippen molar-refractivity contribution in [2.24, 2.45) is 0 Å². The van der Waals surface area contributed by atoms with Gasteiger partial charge in [-0.3, -0.25) is 4.79 Å². The number of rotatable bonds is 4. The largest absolute Gasteiger partial charge is 0.447 e. The van der Waals surface area contributed by atoms with Crippen LogP contribution in [0.3, 0.4) is 0 Å². The van der Waals surface area contributed by atoms with Crippen LogP contribution >= 0.6 is 0 Å². The zero-order valence-corrected chi connectivity index (χ0v) is 9.74. The number of aromatic nitrogens is 1. The maximum atomic E-state index is 12.9. The lowest BCUT2D eigenvalue weighted by molar-refractivity contribution is 0.102. The van der Waals surface area contributed by atoms with Crippen molar-refractivity contribution < 1.29 is 13.6 Å². The second kappa shape index (κ2) is 5.42. The molecule has 0 unspecified atom stereocenters. The Morgan fingerprint density at radius 2 is 2.33 bits per heavy atom. The van der Waals surface area contributed by atoms with Gasteiger partial charge in [-0.15, -0.1) is 0 Å². The molecule has 0 aliphatic heterocycles. The second-order valence-corrected chi connectivity index (χ2v) is 3.62. The number of nitrogens with zero attached hydrogens (tertiary/aromatic N) is 1. The van der Waals surface area contributed by atoms with Crippen LogP contribution in [0.15, 0.2) is 34.9 Å².